The molecule has 0 spiro atoms. The number of pyridine rings is 1. The van der Waals surface area contributed by atoms with E-state index < -0.39 is 0 Å². The summed E-state index contributed by atoms with van der Waals surface area (Å²) in [4.78, 5) is 8.80. The number of aryl methyl sites for hydroxylation is 2. The molecule has 0 saturated heterocycles. The Morgan fingerprint density at radius 1 is 1.28 bits per heavy atom. The van der Waals surface area contributed by atoms with Crippen LogP contribution < -0.4 is 5.32 Å². The van der Waals surface area contributed by atoms with Crippen LogP contribution >= 0.6 is 0 Å². The van der Waals surface area contributed by atoms with Gasteiger partial charge in [-0.05, 0) is 44.5 Å². The molecule has 2 aromatic rings. The van der Waals surface area contributed by atoms with E-state index in [1.165, 1.54) is 5.56 Å². The molecule has 0 aromatic carbocycles. The van der Waals surface area contributed by atoms with Crippen molar-refractivity contribution in [1.29, 1.82) is 0 Å². The van der Waals surface area contributed by atoms with E-state index in [-0.39, 0.29) is 0 Å². The van der Waals surface area contributed by atoms with E-state index in [1.807, 2.05) is 24.6 Å². The molecule has 2 aromatic heterocycles. The van der Waals surface area contributed by atoms with Gasteiger partial charge in [-0.3, -0.25) is 4.57 Å². The molecule has 96 valence electrons. The maximum absolute atomic E-state index is 4.56. The summed E-state index contributed by atoms with van der Waals surface area (Å²) >= 11 is 0. The number of hydrogen-bond donors (Lipinski definition) is 1. The average molecular weight is 244 g/mol. The Kier molecular flexibility index (Phi) is 4.10. The molecule has 18 heavy (non-hydrogen) atoms. The van der Waals surface area contributed by atoms with Crippen LogP contribution in [0.1, 0.15) is 30.4 Å². The second kappa shape index (κ2) is 5.78. The number of imidazole rings is 1. The Morgan fingerprint density at radius 2 is 2.11 bits per heavy atom. The fourth-order valence-electron chi connectivity index (χ4n) is 1.98. The number of rotatable bonds is 5. The van der Waals surface area contributed by atoms with Gasteiger partial charge in [0.25, 0.3) is 0 Å². The highest BCUT2D eigenvalue weighted by Gasteiger charge is 2.04. The van der Waals surface area contributed by atoms with Crippen LogP contribution in [0.2, 0.25) is 0 Å². The third-order valence-electron chi connectivity index (χ3n) is 2.83. The summed E-state index contributed by atoms with van der Waals surface area (Å²) < 4.78 is 2.01. The molecule has 2 rings (SSSR count). The van der Waals surface area contributed by atoms with Crippen molar-refractivity contribution in [3.8, 4) is 5.82 Å². The first-order chi connectivity index (χ1) is 8.70. The molecule has 0 unspecified atom stereocenters. The summed E-state index contributed by atoms with van der Waals surface area (Å²) in [6.07, 6.45) is 4.90. The monoisotopic (exact) mass is 244 g/mol. The number of nitrogens with zero attached hydrogens (tertiary/aromatic N) is 3. The van der Waals surface area contributed by atoms with Crippen LogP contribution in [0.4, 0.5) is 0 Å². The van der Waals surface area contributed by atoms with Crippen molar-refractivity contribution < 1.29 is 0 Å². The Balaban J connectivity index is 2.24. The van der Waals surface area contributed by atoms with Gasteiger partial charge in [-0.1, -0.05) is 6.92 Å². The van der Waals surface area contributed by atoms with Gasteiger partial charge in [0.15, 0.2) is 0 Å². The van der Waals surface area contributed by atoms with Gasteiger partial charge in [-0.15, -0.1) is 0 Å². The predicted octanol–water partition coefficient (Wildman–Crippen LogP) is 2.38. The summed E-state index contributed by atoms with van der Waals surface area (Å²) in [6, 6.07) is 4.24. The number of hydrogen-bond acceptors (Lipinski definition) is 3. The quantitative estimate of drug-likeness (QED) is 0.821. The first-order valence-corrected chi connectivity index (χ1v) is 6.39. The Hall–Kier alpha value is -1.68. The number of aromatic nitrogens is 3. The summed E-state index contributed by atoms with van der Waals surface area (Å²) in [5.74, 6) is 1.90. The highest BCUT2D eigenvalue weighted by atomic mass is 15.1. The fraction of sp³-hybridized carbons (Fsp3) is 0.429. The molecule has 0 radical (unpaired) electrons. The van der Waals surface area contributed by atoms with Crippen molar-refractivity contribution in [2.24, 2.45) is 0 Å². The molecule has 0 fully saturated rings. The minimum atomic E-state index is 0.887. The van der Waals surface area contributed by atoms with Crippen LogP contribution in [0.3, 0.4) is 0 Å². The van der Waals surface area contributed by atoms with Crippen LogP contribution in [0, 0.1) is 13.8 Å². The van der Waals surface area contributed by atoms with Crippen molar-refractivity contribution in [1.82, 2.24) is 19.9 Å². The lowest BCUT2D eigenvalue weighted by Crippen LogP contribution is -2.14. The normalized spacial score (nSPS) is 10.8. The molecule has 0 aliphatic rings. The Morgan fingerprint density at radius 3 is 2.78 bits per heavy atom. The average Bonchev–Trinajstić information content (AvgIpc) is 2.75. The molecule has 2 heterocycles. The summed E-state index contributed by atoms with van der Waals surface area (Å²) in [5, 5.41) is 3.41. The molecule has 0 atom stereocenters. The van der Waals surface area contributed by atoms with Gasteiger partial charge in [-0.25, -0.2) is 9.97 Å². The molecule has 4 nitrogen and oxygen atoms in total. The summed E-state index contributed by atoms with van der Waals surface area (Å²) in [5.41, 5.74) is 2.30. The molecule has 0 aliphatic carbocycles. The first kappa shape index (κ1) is 12.8. The van der Waals surface area contributed by atoms with Crippen molar-refractivity contribution in [2.75, 3.05) is 6.54 Å². The van der Waals surface area contributed by atoms with E-state index in [2.05, 4.69) is 34.3 Å². The molecule has 0 aliphatic heterocycles. The third-order valence-corrected chi connectivity index (χ3v) is 2.83. The van der Waals surface area contributed by atoms with Crippen LogP contribution in [0.25, 0.3) is 5.82 Å². The Bertz CT molecular complexity index is 516. The van der Waals surface area contributed by atoms with Gasteiger partial charge in [0, 0.05) is 24.6 Å². The zero-order chi connectivity index (χ0) is 13.0. The van der Waals surface area contributed by atoms with E-state index in [0.717, 1.165) is 36.8 Å². The second-order valence-electron chi connectivity index (χ2n) is 4.50. The van der Waals surface area contributed by atoms with Gasteiger partial charge in [0.05, 0.1) is 0 Å². The summed E-state index contributed by atoms with van der Waals surface area (Å²) in [7, 11) is 0. The molecular weight excluding hydrogens is 224 g/mol. The predicted molar refractivity (Wildman–Crippen MR) is 72.8 cm³/mol. The first-order valence-electron chi connectivity index (χ1n) is 6.39. The van der Waals surface area contributed by atoms with E-state index in [0.29, 0.717) is 0 Å². The smallest absolute Gasteiger partial charge is 0.138 e. The molecular formula is C14H20N4. The lowest BCUT2D eigenvalue weighted by Gasteiger charge is -2.09. The minimum Gasteiger partial charge on any atom is -0.313 e. The second-order valence-corrected chi connectivity index (χ2v) is 4.50. The standard InChI is InChI=1S/C14H20N4/c1-4-5-15-10-13-8-11(2)17-14(9-13)18-7-6-16-12(18)3/h6-9,15H,4-5,10H2,1-3H3. The zero-order valence-corrected chi connectivity index (χ0v) is 11.3. The van der Waals surface area contributed by atoms with Gasteiger partial charge >= 0.3 is 0 Å². The van der Waals surface area contributed by atoms with Gasteiger partial charge in [-0.2, -0.15) is 0 Å². The largest absolute Gasteiger partial charge is 0.313 e. The highest BCUT2D eigenvalue weighted by molar-refractivity contribution is 5.32. The van der Waals surface area contributed by atoms with Gasteiger partial charge < -0.3 is 5.32 Å². The van der Waals surface area contributed by atoms with Gasteiger partial charge in [0.2, 0.25) is 0 Å². The molecule has 0 bridgehead atoms. The lowest BCUT2D eigenvalue weighted by molar-refractivity contribution is 0.673. The van der Waals surface area contributed by atoms with Crippen molar-refractivity contribution >= 4 is 0 Å². The van der Waals surface area contributed by atoms with Crippen LogP contribution in [0.5, 0.6) is 0 Å². The van der Waals surface area contributed by atoms with E-state index in [4.69, 9.17) is 0 Å². The van der Waals surface area contributed by atoms with Gasteiger partial charge in [0.1, 0.15) is 11.6 Å². The SMILES string of the molecule is CCCNCc1cc(C)nc(-n2ccnc2C)c1. The highest BCUT2D eigenvalue weighted by Crippen LogP contribution is 2.12. The van der Waals surface area contributed by atoms with E-state index in [1.54, 1.807) is 6.20 Å². The van der Waals surface area contributed by atoms with Crippen molar-refractivity contribution in [2.45, 2.75) is 33.7 Å². The van der Waals surface area contributed by atoms with Crippen LogP contribution in [0.15, 0.2) is 24.5 Å². The van der Waals surface area contributed by atoms with Crippen LogP contribution in [-0.2, 0) is 6.54 Å². The molecule has 4 heteroatoms. The topological polar surface area (TPSA) is 42.7 Å². The van der Waals surface area contributed by atoms with Crippen molar-refractivity contribution in [3.05, 3.63) is 41.6 Å². The minimum absolute atomic E-state index is 0.887. The van der Waals surface area contributed by atoms with Crippen molar-refractivity contribution in [3.63, 3.8) is 0 Å². The van der Waals surface area contributed by atoms with E-state index in [9.17, 15) is 0 Å². The van der Waals surface area contributed by atoms with E-state index >= 15 is 0 Å². The van der Waals surface area contributed by atoms with Crippen LogP contribution in [-0.4, -0.2) is 21.1 Å². The molecule has 0 amide bonds. The molecule has 0 saturated carbocycles. The molecule has 1 N–H and O–H groups in total. The number of nitrogens with one attached hydrogen (secondary N) is 1. The lowest BCUT2D eigenvalue weighted by atomic mass is 10.2. The maximum atomic E-state index is 4.56. The maximum Gasteiger partial charge on any atom is 0.138 e. The summed E-state index contributed by atoms with van der Waals surface area (Å²) in [6.45, 7) is 8.11. The fourth-order valence-corrected chi connectivity index (χ4v) is 1.98. The third kappa shape index (κ3) is 2.96. The Labute approximate surface area is 108 Å². The zero-order valence-electron chi connectivity index (χ0n) is 11.3.